The maximum Gasteiger partial charge on any atom is 0.338 e. The van der Waals surface area contributed by atoms with E-state index in [1.165, 1.54) is 0 Å². The van der Waals surface area contributed by atoms with Gasteiger partial charge in [0.25, 0.3) is 0 Å². The number of hydrogen-bond acceptors (Lipinski definition) is 6. The van der Waals surface area contributed by atoms with E-state index in [4.69, 9.17) is 14.2 Å². The van der Waals surface area contributed by atoms with Crippen molar-refractivity contribution in [3.05, 3.63) is 78.1 Å². The molecule has 3 rings (SSSR count). The van der Waals surface area contributed by atoms with Crippen LogP contribution in [0.2, 0.25) is 0 Å². The Morgan fingerprint density at radius 3 is 2.27 bits per heavy atom. The standard InChI is InChI=1S/C27H32N2O4/c1-19(2)32-25-16-23(13-14-24(25)31-6)29(18-20-8-7-15-28-17-20)22-11-9-21(10-12-22)26(30)33-27(3,4)5/h7-17,19H,18H2,1-6H3. The van der Waals surface area contributed by atoms with Crippen LogP contribution < -0.4 is 14.4 Å². The Balaban J connectivity index is 1.98. The van der Waals surface area contributed by atoms with Gasteiger partial charge in [0.2, 0.25) is 0 Å². The number of aromatic nitrogens is 1. The molecule has 0 radical (unpaired) electrons. The minimum atomic E-state index is -0.544. The smallest absolute Gasteiger partial charge is 0.338 e. The van der Waals surface area contributed by atoms with Crippen molar-refractivity contribution in [2.24, 2.45) is 0 Å². The number of ether oxygens (including phenoxy) is 3. The van der Waals surface area contributed by atoms with Gasteiger partial charge >= 0.3 is 5.97 Å². The Kier molecular flexibility index (Phi) is 7.59. The summed E-state index contributed by atoms with van der Waals surface area (Å²) in [5.41, 5.74) is 2.87. The molecule has 0 amide bonds. The molecule has 0 bridgehead atoms. The summed E-state index contributed by atoms with van der Waals surface area (Å²) < 4.78 is 17.0. The molecule has 1 aromatic heterocycles. The largest absolute Gasteiger partial charge is 0.493 e. The third kappa shape index (κ3) is 6.72. The van der Waals surface area contributed by atoms with Gasteiger partial charge in [0, 0.05) is 36.4 Å². The number of methoxy groups -OCH3 is 1. The van der Waals surface area contributed by atoms with E-state index < -0.39 is 5.60 Å². The average Bonchev–Trinajstić information content (AvgIpc) is 2.77. The van der Waals surface area contributed by atoms with Gasteiger partial charge in [0.05, 0.1) is 18.8 Å². The lowest BCUT2D eigenvalue weighted by Crippen LogP contribution is -2.24. The molecule has 0 aliphatic rings. The van der Waals surface area contributed by atoms with Crippen LogP contribution in [0.5, 0.6) is 11.5 Å². The topological polar surface area (TPSA) is 60.9 Å². The number of rotatable bonds is 8. The number of carbonyl (C=O) groups excluding carboxylic acids is 1. The van der Waals surface area contributed by atoms with E-state index >= 15 is 0 Å². The Hall–Kier alpha value is -3.54. The number of esters is 1. The van der Waals surface area contributed by atoms with Crippen molar-refractivity contribution < 1.29 is 19.0 Å². The van der Waals surface area contributed by atoms with Crippen LogP contribution in [0.1, 0.15) is 50.5 Å². The predicted octanol–water partition coefficient (Wildman–Crippen LogP) is 6.17. The molecule has 0 aliphatic heterocycles. The first kappa shape index (κ1) is 24.1. The van der Waals surface area contributed by atoms with E-state index in [0.717, 1.165) is 16.9 Å². The maximum atomic E-state index is 12.4. The van der Waals surface area contributed by atoms with Crippen LogP contribution in [0.4, 0.5) is 11.4 Å². The van der Waals surface area contributed by atoms with Crippen molar-refractivity contribution in [1.29, 1.82) is 0 Å². The zero-order chi connectivity index (χ0) is 24.0. The highest BCUT2D eigenvalue weighted by molar-refractivity contribution is 5.90. The zero-order valence-electron chi connectivity index (χ0n) is 20.2. The fourth-order valence-electron chi connectivity index (χ4n) is 3.30. The molecule has 0 atom stereocenters. The quantitative estimate of drug-likeness (QED) is 0.384. The molecule has 2 aromatic carbocycles. The molecule has 0 saturated carbocycles. The minimum absolute atomic E-state index is 0.00837. The molecule has 0 N–H and O–H groups in total. The van der Waals surface area contributed by atoms with E-state index in [-0.39, 0.29) is 12.1 Å². The second-order valence-corrected chi connectivity index (χ2v) is 9.00. The normalized spacial score (nSPS) is 11.2. The number of hydrogen-bond donors (Lipinski definition) is 0. The van der Waals surface area contributed by atoms with Gasteiger partial charge in [-0.15, -0.1) is 0 Å². The second-order valence-electron chi connectivity index (χ2n) is 9.00. The highest BCUT2D eigenvalue weighted by Crippen LogP contribution is 2.36. The molecule has 6 heteroatoms. The van der Waals surface area contributed by atoms with Gasteiger partial charge in [-0.1, -0.05) is 6.07 Å². The van der Waals surface area contributed by atoms with Crippen LogP contribution in [0, 0.1) is 0 Å². The number of pyridine rings is 1. The highest BCUT2D eigenvalue weighted by Gasteiger charge is 2.19. The van der Waals surface area contributed by atoms with Crippen LogP contribution in [-0.2, 0) is 11.3 Å². The van der Waals surface area contributed by atoms with Crippen LogP contribution in [0.25, 0.3) is 0 Å². The molecule has 3 aromatic rings. The average molecular weight is 449 g/mol. The van der Waals surface area contributed by atoms with Gasteiger partial charge in [-0.25, -0.2) is 4.79 Å². The van der Waals surface area contributed by atoms with E-state index in [1.54, 1.807) is 25.4 Å². The van der Waals surface area contributed by atoms with Crippen molar-refractivity contribution in [2.45, 2.75) is 52.9 Å². The summed E-state index contributed by atoms with van der Waals surface area (Å²) in [6.45, 7) is 10.1. The van der Waals surface area contributed by atoms with Crippen molar-refractivity contribution in [3.63, 3.8) is 0 Å². The van der Waals surface area contributed by atoms with Gasteiger partial charge in [-0.05, 0) is 82.6 Å². The lowest BCUT2D eigenvalue weighted by atomic mass is 10.1. The van der Waals surface area contributed by atoms with Crippen LogP contribution in [-0.4, -0.2) is 29.8 Å². The molecular formula is C27H32N2O4. The summed E-state index contributed by atoms with van der Waals surface area (Å²) in [5.74, 6) is 1.01. The highest BCUT2D eigenvalue weighted by atomic mass is 16.6. The lowest BCUT2D eigenvalue weighted by Gasteiger charge is -2.27. The summed E-state index contributed by atoms with van der Waals surface area (Å²) in [6, 6.07) is 17.2. The summed E-state index contributed by atoms with van der Waals surface area (Å²) in [7, 11) is 1.63. The Bertz CT molecular complexity index is 1060. The fraction of sp³-hybridized carbons (Fsp3) is 0.333. The van der Waals surface area contributed by atoms with Crippen molar-refractivity contribution in [2.75, 3.05) is 12.0 Å². The number of carbonyl (C=O) groups is 1. The molecule has 0 saturated heterocycles. The summed E-state index contributed by atoms with van der Waals surface area (Å²) in [6.07, 6.45) is 3.61. The first-order valence-corrected chi connectivity index (χ1v) is 11.0. The molecule has 6 nitrogen and oxygen atoms in total. The molecule has 174 valence electrons. The number of anilines is 2. The molecule has 33 heavy (non-hydrogen) atoms. The van der Waals surface area contributed by atoms with E-state index in [9.17, 15) is 4.79 Å². The van der Waals surface area contributed by atoms with Crippen LogP contribution >= 0.6 is 0 Å². The third-order valence-corrected chi connectivity index (χ3v) is 4.70. The van der Waals surface area contributed by atoms with Gasteiger partial charge < -0.3 is 19.1 Å². The second kappa shape index (κ2) is 10.4. The van der Waals surface area contributed by atoms with E-state index in [2.05, 4.69) is 9.88 Å². The van der Waals surface area contributed by atoms with Crippen LogP contribution in [0.15, 0.2) is 67.0 Å². The molecular weight excluding hydrogens is 416 g/mol. The van der Waals surface area contributed by atoms with Crippen molar-refractivity contribution in [1.82, 2.24) is 4.98 Å². The summed E-state index contributed by atoms with van der Waals surface area (Å²) >= 11 is 0. The molecule has 1 heterocycles. The van der Waals surface area contributed by atoms with Gasteiger partial charge in [0.1, 0.15) is 5.60 Å². The van der Waals surface area contributed by atoms with Crippen molar-refractivity contribution in [3.8, 4) is 11.5 Å². The molecule has 0 fully saturated rings. The monoisotopic (exact) mass is 448 g/mol. The molecule has 0 aliphatic carbocycles. The Labute approximate surface area is 196 Å². The number of benzene rings is 2. The van der Waals surface area contributed by atoms with Gasteiger partial charge in [0.15, 0.2) is 11.5 Å². The predicted molar refractivity (Wildman–Crippen MR) is 130 cm³/mol. The van der Waals surface area contributed by atoms with E-state index in [0.29, 0.717) is 23.6 Å². The van der Waals surface area contributed by atoms with Gasteiger partial charge in [-0.3, -0.25) is 4.98 Å². The Morgan fingerprint density at radius 1 is 1.00 bits per heavy atom. The first-order valence-electron chi connectivity index (χ1n) is 11.0. The summed E-state index contributed by atoms with van der Waals surface area (Å²) in [5, 5.41) is 0. The van der Waals surface area contributed by atoms with Crippen molar-refractivity contribution >= 4 is 17.3 Å². The maximum absolute atomic E-state index is 12.4. The summed E-state index contributed by atoms with van der Waals surface area (Å²) in [4.78, 5) is 18.8. The SMILES string of the molecule is COc1ccc(N(Cc2cccnc2)c2ccc(C(=O)OC(C)(C)C)cc2)cc1OC(C)C. The lowest BCUT2D eigenvalue weighted by molar-refractivity contribution is 0.00695. The minimum Gasteiger partial charge on any atom is -0.493 e. The zero-order valence-corrected chi connectivity index (χ0v) is 20.2. The molecule has 0 spiro atoms. The van der Waals surface area contributed by atoms with E-state index in [1.807, 2.05) is 83.3 Å². The Morgan fingerprint density at radius 2 is 1.70 bits per heavy atom. The fourth-order valence-corrected chi connectivity index (χ4v) is 3.30. The number of nitrogens with zero attached hydrogens (tertiary/aromatic N) is 2. The van der Waals surface area contributed by atoms with Gasteiger partial charge in [-0.2, -0.15) is 0 Å². The third-order valence-electron chi connectivity index (χ3n) is 4.70. The van der Waals surface area contributed by atoms with Crippen LogP contribution in [0.3, 0.4) is 0 Å². The molecule has 0 unspecified atom stereocenters. The first-order chi connectivity index (χ1) is 15.7.